The Morgan fingerprint density at radius 1 is 2.14 bits per heavy atom. The summed E-state index contributed by atoms with van der Waals surface area (Å²) < 4.78 is 11.0. The molecule has 0 saturated carbocycles. The third-order valence-electron chi connectivity index (χ3n) is 0.317. The molecule has 0 aromatic carbocycles. The second-order valence-electron chi connectivity index (χ2n) is 1.25. The van der Waals surface area contributed by atoms with E-state index in [-0.39, 0.29) is 13.0 Å². The van der Waals surface area contributed by atoms with Crippen LogP contribution in [0.5, 0.6) is 0 Å². The Bertz CT molecular complexity index is 86.1. The van der Waals surface area contributed by atoms with Crippen LogP contribution in [0, 0.1) is 0 Å². The maximum Gasteiger partial charge on any atom is 0.404 e. The van der Waals surface area contributed by atoms with Crippen molar-refractivity contribution in [2.24, 2.45) is 5.73 Å². The molecule has 0 bridgehead atoms. The number of hydrogen-bond donors (Lipinski definition) is 1. The van der Waals surface area contributed by atoms with Gasteiger partial charge in [-0.2, -0.15) is 0 Å². The Labute approximate surface area is 43.9 Å². The second-order valence-corrected chi connectivity index (χ2v) is 1.25. The average molecular weight is 104 g/mol. The van der Waals surface area contributed by atoms with Crippen LogP contribution < -0.4 is 5.73 Å². The fraction of sp³-hybridized carbons (Fsp3) is 0.750. The van der Waals surface area contributed by atoms with Crippen molar-refractivity contribution < 1.29 is 10.9 Å². The van der Waals surface area contributed by atoms with E-state index >= 15 is 0 Å². The van der Waals surface area contributed by atoms with Crippen LogP contribution in [-0.4, -0.2) is 12.2 Å². The highest BCUT2D eigenvalue weighted by Gasteiger charge is 1.94. The van der Waals surface area contributed by atoms with Crippen molar-refractivity contribution in [2.75, 3.05) is 0 Å². The summed E-state index contributed by atoms with van der Waals surface area (Å²) in [5, 5.41) is 0. The van der Waals surface area contributed by atoms with Crippen LogP contribution >= 0.6 is 0 Å². The lowest BCUT2D eigenvalue weighted by molar-refractivity contribution is 0.125. The Morgan fingerprint density at radius 2 is 2.71 bits per heavy atom. The van der Waals surface area contributed by atoms with Gasteiger partial charge in [0.25, 0.3) is 0 Å². The number of carbonyl (C=O) groups excluding carboxylic acids is 1. The van der Waals surface area contributed by atoms with E-state index in [1.165, 1.54) is 0 Å². The van der Waals surface area contributed by atoms with E-state index in [2.05, 4.69) is 10.5 Å². The van der Waals surface area contributed by atoms with E-state index in [0.29, 0.717) is 0 Å². The van der Waals surface area contributed by atoms with Crippen LogP contribution in [0.4, 0.5) is 4.79 Å². The highest BCUT2D eigenvalue weighted by Crippen LogP contribution is 1.83. The summed E-state index contributed by atoms with van der Waals surface area (Å²) in [6.45, 7) is 1.67. The maximum absolute atomic E-state index is 9.89. The van der Waals surface area contributed by atoms with Gasteiger partial charge in [-0.25, -0.2) is 4.79 Å². The SMILES string of the molecule is [2H]CC(C)OC(N)=O. The molecule has 1 amide bonds. The van der Waals surface area contributed by atoms with Crippen LogP contribution in [0.3, 0.4) is 0 Å². The molecule has 0 rings (SSSR count). The number of primary amides is 1. The number of nitrogens with two attached hydrogens (primary N) is 1. The topological polar surface area (TPSA) is 52.3 Å². The first kappa shape index (κ1) is 4.43. The van der Waals surface area contributed by atoms with Crippen LogP contribution in [0.1, 0.15) is 15.2 Å². The van der Waals surface area contributed by atoms with E-state index < -0.39 is 6.09 Å². The predicted octanol–water partition coefficient (Wildman–Crippen LogP) is 0.490. The van der Waals surface area contributed by atoms with E-state index in [1.807, 2.05) is 0 Å². The lowest BCUT2D eigenvalue weighted by Crippen LogP contribution is -2.17. The highest BCUT2D eigenvalue weighted by atomic mass is 16.6. The Hall–Kier alpha value is -0.730. The molecule has 0 aliphatic heterocycles. The van der Waals surface area contributed by atoms with Gasteiger partial charge in [0, 0.05) is 1.37 Å². The van der Waals surface area contributed by atoms with E-state index in [9.17, 15) is 4.79 Å². The molecular formula is C4H9NO2. The minimum absolute atomic E-state index is 0.0585. The van der Waals surface area contributed by atoms with E-state index in [0.717, 1.165) is 0 Å². The zero-order valence-electron chi connectivity index (χ0n) is 5.18. The van der Waals surface area contributed by atoms with Crippen LogP contribution in [0.15, 0.2) is 0 Å². The molecule has 3 heteroatoms. The highest BCUT2D eigenvalue weighted by molar-refractivity contribution is 5.64. The normalized spacial score (nSPS) is 14.7. The first-order chi connectivity index (χ1) is 3.66. The lowest BCUT2D eigenvalue weighted by atomic mass is 10.5. The molecule has 1 atom stereocenters. The predicted molar refractivity (Wildman–Crippen MR) is 25.8 cm³/mol. The van der Waals surface area contributed by atoms with Gasteiger partial charge in [-0.1, -0.05) is 0 Å². The summed E-state index contributed by atoms with van der Waals surface area (Å²) in [6.07, 6.45) is -1.20. The monoisotopic (exact) mass is 104 g/mol. The molecule has 1 unspecified atom stereocenters. The fourth-order valence-electron chi connectivity index (χ4n) is 0.198. The molecule has 0 aromatic heterocycles. The van der Waals surface area contributed by atoms with Crippen LogP contribution in [0.25, 0.3) is 0 Å². The van der Waals surface area contributed by atoms with Crippen LogP contribution in [-0.2, 0) is 4.74 Å². The fourth-order valence-corrected chi connectivity index (χ4v) is 0.198. The second kappa shape index (κ2) is 2.44. The Morgan fingerprint density at radius 3 is 2.86 bits per heavy atom. The smallest absolute Gasteiger partial charge is 0.404 e. The van der Waals surface area contributed by atoms with E-state index in [4.69, 9.17) is 1.37 Å². The van der Waals surface area contributed by atoms with Crippen molar-refractivity contribution in [3.05, 3.63) is 0 Å². The van der Waals surface area contributed by atoms with Gasteiger partial charge in [-0.3, -0.25) is 0 Å². The molecular weight excluding hydrogens is 94.0 g/mol. The summed E-state index contributed by atoms with van der Waals surface area (Å²) in [4.78, 5) is 9.89. The lowest BCUT2D eigenvalue weighted by Gasteiger charge is -2.01. The van der Waals surface area contributed by atoms with Gasteiger partial charge in [0.05, 0.1) is 6.10 Å². The van der Waals surface area contributed by atoms with Crippen molar-refractivity contribution in [1.82, 2.24) is 0 Å². The molecule has 2 N–H and O–H groups in total. The zero-order chi connectivity index (χ0) is 6.57. The van der Waals surface area contributed by atoms with Crippen molar-refractivity contribution in [3.8, 4) is 0 Å². The molecule has 7 heavy (non-hydrogen) atoms. The van der Waals surface area contributed by atoms with Crippen molar-refractivity contribution >= 4 is 6.09 Å². The molecule has 0 aromatic rings. The molecule has 0 aliphatic carbocycles. The van der Waals surface area contributed by atoms with Crippen LogP contribution in [0.2, 0.25) is 0 Å². The van der Waals surface area contributed by atoms with Gasteiger partial charge in [-0.15, -0.1) is 0 Å². The minimum atomic E-state index is -0.815. The average Bonchev–Trinajstić information content (AvgIpc) is 1.65. The number of rotatable bonds is 1. The Balaban J connectivity index is 3.24. The summed E-state index contributed by atoms with van der Waals surface area (Å²) in [6, 6.07) is 0. The molecule has 3 nitrogen and oxygen atoms in total. The maximum atomic E-state index is 9.89. The van der Waals surface area contributed by atoms with Gasteiger partial charge < -0.3 is 10.5 Å². The molecule has 0 saturated heterocycles. The van der Waals surface area contributed by atoms with Crippen molar-refractivity contribution in [2.45, 2.75) is 19.9 Å². The molecule has 42 valence electrons. The van der Waals surface area contributed by atoms with Gasteiger partial charge in [-0.05, 0) is 13.8 Å². The number of carbonyl (C=O) groups is 1. The number of amides is 1. The van der Waals surface area contributed by atoms with Crippen molar-refractivity contribution in [1.29, 1.82) is 0 Å². The molecule has 0 spiro atoms. The largest absolute Gasteiger partial charge is 0.447 e. The molecule has 0 aliphatic rings. The standard InChI is InChI=1S/C4H9NO2/c1-3(2)7-4(5)6/h3H,1-2H3,(H2,5,6)/i1D. The summed E-state index contributed by atoms with van der Waals surface area (Å²) >= 11 is 0. The zero-order valence-corrected chi connectivity index (χ0v) is 4.18. The quantitative estimate of drug-likeness (QED) is 0.526. The third-order valence-corrected chi connectivity index (χ3v) is 0.317. The van der Waals surface area contributed by atoms with Gasteiger partial charge in [0.1, 0.15) is 0 Å². The molecule has 0 radical (unpaired) electrons. The molecule has 0 heterocycles. The Kier molecular flexibility index (Phi) is 1.55. The third kappa shape index (κ3) is 5.27. The number of hydrogen-bond acceptors (Lipinski definition) is 2. The summed E-state index contributed by atoms with van der Waals surface area (Å²) in [5.41, 5.74) is 4.62. The van der Waals surface area contributed by atoms with Gasteiger partial charge >= 0.3 is 6.09 Å². The minimum Gasteiger partial charge on any atom is -0.447 e. The van der Waals surface area contributed by atoms with E-state index in [1.54, 1.807) is 6.92 Å². The first-order valence-electron chi connectivity index (χ1n) is 2.63. The molecule has 0 fully saturated rings. The first-order valence-corrected chi connectivity index (χ1v) is 1.92. The van der Waals surface area contributed by atoms with Gasteiger partial charge in [0.2, 0.25) is 0 Å². The number of ether oxygens (including phenoxy) is 1. The summed E-state index contributed by atoms with van der Waals surface area (Å²) in [5.74, 6) is 0. The van der Waals surface area contributed by atoms with Gasteiger partial charge in [0.15, 0.2) is 0 Å². The van der Waals surface area contributed by atoms with Crippen molar-refractivity contribution in [3.63, 3.8) is 0 Å². The summed E-state index contributed by atoms with van der Waals surface area (Å²) in [7, 11) is 0.